The molecule has 134 valence electrons. The molecule has 1 aromatic heterocycles. The highest BCUT2D eigenvalue weighted by atomic mass is 16.1. The molecule has 2 aliphatic carbocycles. The van der Waals surface area contributed by atoms with E-state index in [0.717, 1.165) is 23.1 Å². The summed E-state index contributed by atoms with van der Waals surface area (Å²) in [6.45, 7) is 8.77. The van der Waals surface area contributed by atoms with Crippen molar-refractivity contribution in [3.8, 4) is 11.3 Å². The van der Waals surface area contributed by atoms with Crippen molar-refractivity contribution >= 4 is 12.1 Å². The minimum Gasteiger partial charge on any atom is -0.303 e. The van der Waals surface area contributed by atoms with Gasteiger partial charge in [0.05, 0.1) is 5.69 Å². The largest absolute Gasteiger partial charge is 0.303 e. The SMILES string of the molecule is CC(C)(C)c1ccc2c(c1)C1(C)CC(=O)CC1(CC=O)c1cccnc1-2. The third kappa shape index (κ3) is 2.09. The molecule has 2 atom stereocenters. The smallest absolute Gasteiger partial charge is 0.134 e. The van der Waals surface area contributed by atoms with E-state index in [1.165, 1.54) is 11.1 Å². The Labute approximate surface area is 154 Å². The van der Waals surface area contributed by atoms with Gasteiger partial charge < -0.3 is 4.79 Å². The van der Waals surface area contributed by atoms with Crippen LogP contribution in [0.4, 0.5) is 0 Å². The molecule has 3 nitrogen and oxygen atoms in total. The maximum Gasteiger partial charge on any atom is 0.134 e. The fourth-order valence-corrected chi connectivity index (χ4v) is 5.13. The topological polar surface area (TPSA) is 47.0 Å². The number of rotatable bonds is 2. The average Bonchev–Trinajstić information content (AvgIpc) is 2.86. The van der Waals surface area contributed by atoms with Gasteiger partial charge in [0.1, 0.15) is 12.1 Å². The minimum atomic E-state index is -0.487. The number of Topliss-reactive ketones (excluding diaryl/α,β-unsaturated/α-hetero) is 1. The first-order valence-electron chi connectivity index (χ1n) is 9.29. The molecule has 0 N–H and O–H groups in total. The van der Waals surface area contributed by atoms with Gasteiger partial charge in [-0.1, -0.05) is 52.0 Å². The van der Waals surface area contributed by atoms with Crippen LogP contribution < -0.4 is 0 Å². The number of pyridine rings is 1. The fourth-order valence-electron chi connectivity index (χ4n) is 5.13. The number of aromatic nitrogens is 1. The second kappa shape index (κ2) is 5.35. The quantitative estimate of drug-likeness (QED) is 0.751. The second-order valence-corrected chi connectivity index (χ2v) is 9.09. The molecule has 2 aliphatic rings. The first kappa shape index (κ1) is 17.1. The number of hydrogen-bond donors (Lipinski definition) is 0. The first-order valence-corrected chi connectivity index (χ1v) is 9.29. The van der Waals surface area contributed by atoms with Crippen molar-refractivity contribution < 1.29 is 9.59 Å². The highest BCUT2D eigenvalue weighted by Crippen LogP contribution is 2.62. The van der Waals surface area contributed by atoms with Crippen molar-refractivity contribution in [3.05, 3.63) is 53.2 Å². The van der Waals surface area contributed by atoms with Gasteiger partial charge in [-0.25, -0.2) is 0 Å². The molecule has 26 heavy (non-hydrogen) atoms. The lowest BCUT2D eigenvalue weighted by molar-refractivity contribution is -0.117. The van der Waals surface area contributed by atoms with Crippen LogP contribution in [0.3, 0.4) is 0 Å². The van der Waals surface area contributed by atoms with Crippen molar-refractivity contribution in [2.45, 2.75) is 63.2 Å². The zero-order valence-corrected chi connectivity index (χ0v) is 15.9. The summed E-state index contributed by atoms with van der Waals surface area (Å²) < 4.78 is 0. The Bertz CT molecular complexity index is 924. The predicted molar refractivity (Wildman–Crippen MR) is 102 cm³/mol. The molecule has 0 bridgehead atoms. The van der Waals surface area contributed by atoms with Gasteiger partial charge in [0, 0.05) is 41.9 Å². The Kier molecular flexibility index (Phi) is 3.53. The molecule has 1 aromatic carbocycles. The van der Waals surface area contributed by atoms with Crippen molar-refractivity contribution in [1.29, 1.82) is 0 Å². The highest BCUT2D eigenvalue weighted by Gasteiger charge is 2.60. The van der Waals surface area contributed by atoms with Gasteiger partial charge in [0.25, 0.3) is 0 Å². The summed E-state index contributed by atoms with van der Waals surface area (Å²) in [5, 5.41) is 0. The van der Waals surface area contributed by atoms with Crippen molar-refractivity contribution in [1.82, 2.24) is 4.98 Å². The summed E-state index contributed by atoms with van der Waals surface area (Å²) >= 11 is 0. The molecule has 1 fully saturated rings. The van der Waals surface area contributed by atoms with E-state index in [0.29, 0.717) is 19.3 Å². The van der Waals surface area contributed by atoms with Crippen LogP contribution in [-0.2, 0) is 25.8 Å². The molecule has 0 radical (unpaired) electrons. The third-order valence-corrected chi connectivity index (χ3v) is 6.60. The number of aldehydes is 1. The Morgan fingerprint density at radius 2 is 1.92 bits per heavy atom. The standard InChI is InChI=1S/C23H25NO2/c1-21(2,3)15-7-8-17-19(12-15)22(4)13-16(26)14-23(22,9-11-25)18-6-5-10-24-20(17)18/h5-8,10-12H,9,13-14H2,1-4H3. The number of carbonyl (C=O) groups is 2. The Hall–Kier alpha value is -2.29. The molecule has 0 saturated heterocycles. The van der Waals surface area contributed by atoms with Crippen LogP contribution in [0.15, 0.2) is 36.5 Å². The monoisotopic (exact) mass is 347 g/mol. The highest BCUT2D eigenvalue weighted by molar-refractivity contribution is 5.91. The van der Waals surface area contributed by atoms with Gasteiger partial charge in [-0.15, -0.1) is 0 Å². The molecular weight excluding hydrogens is 322 g/mol. The molecule has 1 heterocycles. The Morgan fingerprint density at radius 1 is 1.15 bits per heavy atom. The number of ketones is 1. The summed E-state index contributed by atoms with van der Waals surface area (Å²) in [7, 11) is 0. The zero-order valence-electron chi connectivity index (χ0n) is 15.9. The lowest BCUT2D eigenvalue weighted by atomic mass is 9.54. The second-order valence-electron chi connectivity index (χ2n) is 9.09. The number of fused-ring (bicyclic) bond motifs is 6. The summed E-state index contributed by atoms with van der Waals surface area (Å²) in [5.74, 6) is 0.234. The van der Waals surface area contributed by atoms with Crippen LogP contribution in [0, 0.1) is 0 Å². The van der Waals surface area contributed by atoms with Gasteiger partial charge in [0.15, 0.2) is 0 Å². The van der Waals surface area contributed by atoms with Gasteiger partial charge in [-0.3, -0.25) is 9.78 Å². The normalized spacial score (nSPS) is 26.8. The summed E-state index contributed by atoms with van der Waals surface area (Å²) in [4.78, 5) is 29.0. The van der Waals surface area contributed by atoms with Crippen molar-refractivity contribution in [2.75, 3.05) is 0 Å². The molecule has 0 amide bonds. The summed E-state index contributed by atoms with van der Waals surface area (Å²) in [6.07, 6.45) is 4.03. The van der Waals surface area contributed by atoms with Crippen LogP contribution in [0.25, 0.3) is 11.3 Å². The number of nitrogens with zero attached hydrogens (tertiary/aromatic N) is 1. The predicted octanol–water partition coefficient (Wildman–Crippen LogP) is 4.51. The minimum absolute atomic E-state index is 0.0196. The lowest BCUT2D eigenvalue weighted by Crippen LogP contribution is -2.46. The van der Waals surface area contributed by atoms with E-state index in [1.807, 2.05) is 6.07 Å². The van der Waals surface area contributed by atoms with E-state index in [4.69, 9.17) is 0 Å². The van der Waals surface area contributed by atoms with Crippen LogP contribution in [-0.4, -0.2) is 17.1 Å². The molecule has 1 saturated carbocycles. The maximum absolute atomic E-state index is 12.7. The molecule has 2 unspecified atom stereocenters. The molecule has 4 rings (SSSR count). The molecule has 2 aromatic rings. The molecule has 0 spiro atoms. The lowest BCUT2D eigenvalue weighted by Gasteiger charge is -2.48. The maximum atomic E-state index is 12.7. The van der Waals surface area contributed by atoms with Gasteiger partial charge in [0.2, 0.25) is 0 Å². The average molecular weight is 347 g/mol. The van der Waals surface area contributed by atoms with Crippen molar-refractivity contribution in [3.63, 3.8) is 0 Å². The van der Waals surface area contributed by atoms with E-state index < -0.39 is 5.41 Å². The molecular formula is C23H25NO2. The number of benzene rings is 1. The van der Waals surface area contributed by atoms with Crippen molar-refractivity contribution in [2.24, 2.45) is 0 Å². The zero-order chi connectivity index (χ0) is 18.7. The number of hydrogen-bond acceptors (Lipinski definition) is 3. The Morgan fingerprint density at radius 3 is 2.62 bits per heavy atom. The molecule has 0 aliphatic heterocycles. The summed E-state index contributed by atoms with van der Waals surface area (Å²) in [5.41, 5.74) is 4.66. The van der Waals surface area contributed by atoms with Gasteiger partial charge in [-0.05, 0) is 28.2 Å². The van der Waals surface area contributed by atoms with Gasteiger partial charge in [-0.2, -0.15) is 0 Å². The third-order valence-electron chi connectivity index (χ3n) is 6.60. The van der Waals surface area contributed by atoms with Crippen LogP contribution in [0.5, 0.6) is 0 Å². The summed E-state index contributed by atoms with van der Waals surface area (Å²) in [6, 6.07) is 10.6. The van der Waals surface area contributed by atoms with E-state index in [9.17, 15) is 9.59 Å². The van der Waals surface area contributed by atoms with E-state index >= 15 is 0 Å². The van der Waals surface area contributed by atoms with E-state index in [2.05, 4.69) is 56.9 Å². The first-order chi connectivity index (χ1) is 12.2. The van der Waals surface area contributed by atoms with E-state index in [-0.39, 0.29) is 16.6 Å². The Balaban J connectivity index is 2.09. The van der Waals surface area contributed by atoms with E-state index in [1.54, 1.807) is 6.20 Å². The van der Waals surface area contributed by atoms with Crippen LogP contribution in [0.1, 0.15) is 63.6 Å². The fraction of sp³-hybridized carbons (Fsp3) is 0.435. The van der Waals surface area contributed by atoms with Crippen LogP contribution in [0.2, 0.25) is 0 Å². The number of carbonyl (C=O) groups excluding carboxylic acids is 2. The van der Waals surface area contributed by atoms with Crippen LogP contribution >= 0.6 is 0 Å². The van der Waals surface area contributed by atoms with Gasteiger partial charge >= 0.3 is 0 Å². The molecule has 3 heteroatoms.